The van der Waals surface area contributed by atoms with Crippen molar-refractivity contribution in [1.82, 2.24) is 0 Å². The van der Waals surface area contributed by atoms with Gasteiger partial charge in [-0.15, -0.1) is 0 Å². The number of carboxylic acids is 1. The van der Waals surface area contributed by atoms with E-state index in [1.165, 1.54) is 18.2 Å². The van der Waals surface area contributed by atoms with Gasteiger partial charge in [-0.25, -0.2) is 4.79 Å². The molecule has 0 atom stereocenters. The summed E-state index contributed by atoms with van der Waals surface area (Å²) in [6.45, 7) is 0. The van der Waals surface area contributed by atoms with Crippen LogP contribution in [0.25, 0.3) is 0 Å². The number of phenols is 2. The van der Waals surface area contributed by atoms with Crippen LogP contribution >= 0.6 is 0 Å². The zero-order valence-electron chi connectivity index (χ0n) is 10.9. The van der Waals surface area contributed by atoms with Crippen molar-refractivity contribution in [3.63, 3.8) is 0 Å². The number of phenolic OH excluding ortho intramolecular Hbond substituents is 1. The fourth-order valence-electron chi connectivity index (χ4n) is 1.83. The van der Waals surface area contributed by atoms with Crippen molar-refractivity contribution in [1.29, 1.82) is 0 Å². The van der Waals surface area contributed by atoms with Gasteiger partial charge in [0.1, 0.15) is 17.1 Å². The largest absolute Gasteiger partial charge is 0.508 e. The molecule has 0 saturated heterocycles. The van der Waals surface area contributed by atoms with E-state index in [1.54, 1.807) is 18.2 Å². The Hall–Kier alpha value is -3.02. The SMILES string of the molecule is O=C(Cc1ccccc1O)Nc1ccc(C(=O)O)c(O)c1. The number of benzene rings is 2. The zero-order valence-corrected chi connectivity index (χ0v) is 10.9. The molecule has 0 radical (unpaired) electrons. The molecule has 0 aliphatic heterocycles. The molecule has 21 heavy (non-hydrogen) atoms. The van der Waals surface area contributed by atoms with Crippen molar-refractivity contribution < 1.29 is 24.9 Å². The molecular weight excluding hydrogens is 274 g/mol. The van der Waals surface area contributed by atoms with E-state index in [1.807, 2.05) is 0 Å². The maximum absolute atomic E-state index is 11.8. The van der Waals surface area contributed by atoms with Crippen LogP contribution in [0.1, 0.15) is 15.9 Å². The first-order valence-electron chi connectivity index (χ1n) is 6.10. The highest BCUT2D eigenvalue weighted by atomic mass is 16.4. The topological polar surface area (TPSA) is 107 Å². The third kappa shape index (κ3) is 3.50. The summed E-state index contributed by atoms with van der Waals surface area (Å²) in [5.74, 6) is -2.04. The molecule has 108 valence electrons. The molecule has 2 rings (SSSR count). The second-order valence-electron chi connectivity index (χ2n) is 4.39. The Bertz CT molecular complexity index is 696. The highest BCUT2D eigenvalue weighted by molar-refractivity contribution is 5.95. The first-order chi connectivity index (χ1) is 9.97. The van der Waals surface area contributed by atoms with E-state index in [9.17, 15) is 19.8 Å². The number of aromatic hydroxyl groups is 2. The molecule has 2 aromatic carbocycles. The number of hydrogen-bond donors (Lipinski definition) is 4. The average molecular weight is 287 g/mol. The predicted molar refractivity (Wildman–Crippen MR) is 75.5 cm³/mol. The number of amides is 1. The smallest absolute Gasteiger partial charge is 0.339 e. The summed E-state index contributed by atoms with van der Waals surface area (Å²) in [6, 6.07) is 10.2. The van der Waals surface area contributed by atoms with Crippen molar-refractivity contribution in [3.8, 4) is 11.5 Å². The fraction of sp³-hybridized carbons (Fsp3) is 0.0667. The number of rotatable bonds is 4. The molecular formula is C15H13NO5. The van der Waals surface area contributed by atoms with E-state index in [0.29, 0.717) is 5.56 Å². The van der Waals surface area contributed by atoms with Gasteiger partial charge in [0.25, 0.3) is 0 Å². The molecule has 4 N–H and O–H groups in total. The van der Waals surface area contributed by atoms with Crippen LogP contribution < -0.4 is 5.32 Å². The molecule has 6 nitrogen and oxygen atoms in total. The van der Waals surface area contributed by atoms with E-state index in [2.05, 4.69) is 5.32 Å². The number of hydrogen-bond acceptors (Lipinski definition) is 4. The molecule has 0 saturated carbocycles. The van der Waals surface area contributed by atoms with Gasteiger partial charge in [-0.3, -0.25) is 4.79 Å². The Morgan fingerprint density at radius 2 is 1.71 bits per heavy atom. The molecule has 0 aromatic heterocycles. The molecule has 0 unspecified atom stereocenters. The second-order valence-corrected chi connectivity index (χ2v) is 4.39. The van der Waals surface area contributed by atoms with Gasteiger partial charge in [0.05, 0.1) is 6.42 Å². The Kier molecular flexibility index (Phi) is 4.08. The number of anilines is 1. The molecule has 0 aliphatic carbocycles. The lowest BCUT2D eigenvalue weighted by Gasteiger charge is -2.08. The molecule has 0 heterocycles. The molecule has 2 aromatic rings. The number of carboxylic acid groups (broad SMARTS) is 1. The van der Waals surface area contributed by atoms with Crippen molar-refractivity contribution >= 4 is 17.6 Å². The van der Waals surface area contributed by atoms with Crippen molar-refractivity contribution in [2.45, 2.75) is 6.42 Å². The number of aromatic carboxylic acids is 1. The fourth-order valence-corrected chi connectivity index (χ4v) is 1.83. The highest BCUT2D eigenvalue weighted by Gasteiger charge is 2.12. The van der Waals surface area contributed by atoms with Crippen LogP contribution in [0.5, 0.6) is 11.5 Å². The third-order valence-corrected chi connectivity index (χ3v) is 2.85. The predicted octanol–water partition coefficient (Wildman–Crippen LogP) is 1.98. The van der Waals surface area contributed by atoms with Crippen LogP contribution in [-0.4, -0.2) is 27.2 Å². The molecule has 0 spiro atoms. The van der Waals surface area contributed by atoms with Gasteiger partial charge in [0, 0.05) is 17.3 Å². The van der Waals surface area contributed by atoms with Gasteiger partial charge < -0.3 is 20.6 Å². The first-order valence-corrected chi connectivity index (χ1v) is 6.10. The van der Waals surface area contributed by atoms with Crippen LogP contribution in [0.2, 0.25) is 0 Å². The molecule has 1 amide bonds. The minimum Gasteiger partial charge on any atom is -0.508 e. The van der Waals surface area contributed by atoms with Gasteiger partial charge in [0.2, 0.25) is 5.91 Å². The quantitative estimate of drug-likeness (QED) is 0.688. The van der Waals surface area contributed by atoms with E-state index in [-0.39, 0.29) is 29.3 Å². The Morgan fingerprint density at radius 3 is 2.33 bits per heavy atom. The minimum atomic E-state index is -1.25. The summed E-state index contributed by atoms with van der Waals surface area (Å²) in [5.41, 5.74) is 0.507. The maximum atomic E-state index is 11.8. The van der Waals surface area contributed by atoms with E-state index < -0.39 is 11.7 Å². The van der Waals surface area contributed by atoms with Gasteiger partial charge in [-0.2, -0.15) is 0 Å². The summed E-state index contributed by atoms with van der Waals surface area (Å²) < 4.78 is 0. The van der Waals surface area contributed by atoms with Crippen LogP contribution in [0.4, 0.5) is 5.69 Å². The normalized spacial score (nSPS) is 10.1. The third-order valence-electron chi connectivity index (χ3n) is 2.85. The maximum Gasteiger partial charge on any atom is 0.339 e. The van der Waals surface area contributed by atoms with Gasteiger partial charge in [0.15, 0.2) is 0 Å². The standard InChI is InChI=1S/C15H13NO5/c17-12-4-2-1-3-9(12)7-14(19)16-10-5-6-11(15(20)21)13(18)8-10/h1-6,8,17-18H,7H2,(H,16,19)(H,20,21). The minimum absolute atomic E-state index is 0.0247. The van der Waals surface area contributed by atoms with Gasteiger partial charge in [-0.05, 0) is 18.2 Å². The summed E-state index contributed by atoms with van der Waals surface area (Å²) in [7, 11) is 0. The van der Waals surface area contributed by atoms with E-state index in [0.717, 1.165) is 6.07 Å². The van der Waals surface area contributed by atoms with Crippen molar-refractivity contribution in [3.05, 3.63) is 53.6 Å². The van der Waals surface area contributed by atoms with Gasteiger partial charge >= 0.3 is 5.97 Å². The number of carbonyl (C=O) groups is 2. The van der Waals surface area contributed by atoms with Crippen LogP contribution in [0.3, 0.4) is 0 Å². The van der Waals surface area contributed by atoms with Crippen LogP contribution in [0.15, 0.2) is 42.5 Å². The summed E-state index contributed by atoms with van der Waals surface area (Å²) in [4.78, 5) is 22.6. The lowest BCUT2D eigenvalue weighted by atomic mass is 10.1. The number of carbonyl (C=O) groups excluding carboxylic acids is 1. The lowest BCUT2D eigenvalue weighted by Crippen LogP contribution is -2.14. The Labute approximate surface area is 120 Å². The summed E-state index contributed by atoms with van der Waals surface area (Å²) in [5, 5.41) is 30.4. The number of nitrogens with one attached hydrogen (secondary N) is 1. The average Bonchev–Trinajstić information content (AvgIpc) is 2.41. The molecule has 0 aliphatic rings. The Morgan fingerprint density at radius 1 is 1.00 bits per heavy atom. The van der Waals surface area contributed by atoms with Crippen molar-refractivity contribution in [2.24, 2.45) is 0 Å². The molecule has 6 heteroatoms. The monoisotopic (exact) mass is 287 g/mol. The van der Waals surface area contributed by atoms with Crippen LogP contribution in [-0.2, 0) is 11.2 Å². The number of para-hydroxylation sites is 1. The zero-order chi connectivity index (χ0) is 15.4. The van der Waals surface area contributed by atoms with E-state index >= 15 is 0 Å². The first kappa shape index (κ1) is 14.4. The lowest BCUT2D eigenvalue weighted by molar-refractivity contribution is -0.115. The molecule has 0 bridgehead atoms. The summed E-state index contributed by atoms with van der Waals surface area (Å²) >= 11 is 0. The van der Waals surface area contributed by atoms with E-state index in [4.69, 9.17) is 5.11 Å². The highest BCUT2D eigenvalue weighted by Crippen LogP contribution is 2.22. The van der Waals surface area contributed by atoms with Crippen molar-refractivity contribution in [2.75, 3.05) is 5.32 Å². The molecule has 0 fully saturated rings. The van der Waals surface area contributed by atoms with Crippen LogP contribution in [0, 0.1) is 0 Å². The Balaban J connectivity index is 2.08. The second kappa shape index (κ2) is 5.96. The van der Waals surface area contributed by atoms with Gasteiger partial charge in [-0.1, -0.05) is 18.2 Å². The summed E-state index contributed by atoms with van der Waals surface area (Å²) in [6.07, 6.45) is -0.0336.